The number of fused-ring (bicyclic) bond motifs is 1. The van der Waals surface area contributed by atoms with Gasteiger partial charge in [0.15, 0.2) is 0 Å². The highest BCUT2D eigenvalue weighted by Gasteiger charge is 2.15. The summed E-state index contributed by atoms with van der Waals surface area (Å²) in [6.45, 7) is 11.8. The van der Waals surface area contributed by atoms with Gasteiger partial charge in [0, 0.05) is 31.1 Å². The first-order chi connectivity index (χ1) is 10.2. The Bertz CT molecular complexity index is 562. The number of benzene rings is 1. The van der Waals surface area contributed by atoms with Gasteiger partial charge in [0.2, 0.25) is 0 Å². The number of nitrogens with one attached hydrogen (secondary N) is 1. The summed E-state index contributed by atoms with van der Waals surface area (Å²) in [5.74, 6) is 0.538. The largest absolute Gasteiger partial charge is 0.380 e. The van der Waals surface area contributed by atoms with Gasteiger partial charge in [-0.1, -0.05) is 32.0 Å². The van der Waals surface area contributed by atoms with Crippen molar-refractivity contribution in [1.29, 1.82) is 0 Å². The maximum Gasteiger partial charge on any atom is 0.0841 e. The average molecular weight is 289 g/mol. The van der Waals surface area contributed by atoms with Crippen LogP contribution in [0.25, 0.3) is 10.9 Å². The summed E-state index contributed by atoms with van der Waals surface area (Å²) in [5.41, 5.74) is 2.33. The van der Waals surface area contributed by atoms with Crippen LogP contribution >= 0.6 is 0 Å². The SMILES string of the molecule is CCOCC(NCc1nn(CC)c2ccccc12)C(C)C. The smallest absolute Gasteiger partial charge is 0.0841 e. The number of para-hydroxylation sites is 1. The summed E-state index contributed by atoms with van der Waals surface area (Å²) in [4.78, 5) is 0. The third-order valence-electron chi connectivity index (χ3n) is 3.87. The standard InChI is InChI=1S/C17H27N3O/c1-5-20-17-10-8-7-9-14(17)15(19-20)11-18-16(13(3)4)12-21-6-2/h7-10,13,16,18H,5-6,11-12H2,1-4H3. The van der Waals surface area contributed by atoms with E-state index in [-0.39, 0.29) is 0 Å². The Balaban J connectivity index is 2.12. The summed E-state index contributed by atoms with van der Waals surface area (Å²) in [6.07, 6.45) is 0. The Labute approximate surface area is 127 Å². The third kappa shape index (κ3) is 3.83. The quantitative estimate of drug-likeness (QED) is 0.811. The van der Waals surface area contributed by atoms with Gasteiger partial charge in [-0.05, 0) is 25.8 Å². The Morgan fingerprint density at radius 3 is 2.67 bits per heavy atom. The van der Waals surface area contributed by atoms with Crippen LogP contribution in [0.15, 0.2) is 24.3 Å². The lowest BCUT2D eigenvalue weighted by Gasteiger charge is -2.21. The molecule has 1 atom stereocenters. The number of ether oxygens (including phenoxy) is 1. The van der Waals surface area contributed by atoms with Crippen LogP contribution < -0.4 is 5.32 Å². The Morgan fingerprint density at radius 1 is 1.24 bits per heavy atom. The molecule has 1 heterocycles. The average Bonchev–Trinajstić information content (AvgIpc) is 2.85. The van der Waals surface area contributed by atoms with Crippen LogP contribution in [0.4, 0.5) is 0 Å². The Morgan fingerprint density at radius 2 is 2.00 bits per heavy atom. The second-order valence-corrected chi connectivity index (χ2v) is 5.67. The molecule has 1 unspecified atom stereocenters. The van der Waals surface area contributed by atoms with E-state index in [1.165, 1.54) is 10.9 Å². The van der Waals surface area contributed by atoms with E-state index in [4.69, 9.17) is 9.84 Å². The van der Waals surface area contributed by atoms with E-state index < -0.39 is 0 Å². The van der Waals surface area contributed by atoms with Crippen molar-refractivity contribution in [2.24, 2.45) is 5.92 Å². The van der Waals surface area contributed by atoms with Gasteiger partial charge in [-0.15, -0.1) is 0 Å². The van der Waals surface area contributed by atoms with E-state index in [1.807, 2.05) is 6.92 Å². The van der Waals surface area contributed by atoms with E-state index in [0.717, 1.165) is 32.0 Å². The van der Waals surface area contributed by atoms with E-state index >= 15 is 0 Å². The number of aryl methyl sites for hydroxylation is 1. The highest BCUT2D eigenvalue weighted by atomic mass is 16.5. The molecule has 0 aliphatic heterocycles. The maximum atomic E-state index is 5.57. The molecular formula is C17H27N3O. The van der Waals surface area contributed by atoms with Gasteiger partial charge in [-0.2, -0.15) is 5.10 Å². The lowest BCUT2D eigenvalue weighted by Crippen LogP contribution is -2.37. The minimum absolute atomic E-state index is 0.357. The number of aromatic nitrogens is 2. The summed E-state index contributed by atoms with van der Waals surface area (Å²) in [5, 5.41) is 9.57. The van der Waals surface area contributed by atoms with Crippen molar-refractivity contribution in [2.45, 2.75) is 46.8 Å². The molecule has 0 saturated carbocycles. The van der Waals surface area contributed by atoms with E-state index in [1.54, 1.807) is 0 Å². The first-order valence-electron chi connectivity index (χ1n) is 7.92. The number of hydrogen-bond donors (Lipinski definition) is 1. The highest BCUT2D eigenvalue weighted by Crippen LogP contribution is 2.18. The van der Waals surface area contributed by atoms with Crippen molar-refractivity contribution in [2.75, 3.05) is 13.2 Å². The predicted octanol–water partition coefficient (Wildman–Crippen LogP) is 3.21. The predicted molar refractivity (Wildman–Crippen MR) is 87.4 cm³/mol. The highest BCUT2D eigenvalue weighted by molar-refractivity contribution is 5.81. The van der Waals surface area contributed by atoms with Crippen molar-refractivity contribution in [3.63, 3.8) is 0 Å². The van der Waals surface area contributed by atoms with Crippen LogP contribution in [0.5, 0.6) is 0 Å². The van der Waals surface area contributed by atoms with Crippen LogP contribution in [-0.4, -0.2) is 29.0 Å². The molecule has 0 saturated heterocycles. The van der Waals surface area contributed by atoms with Gasteiger partial charge in [-0.3, -0.25) is 4.68 Å². The molecule has 1 aromatic heterocycles. The van der Waals surface area contributed by atoms with Crippen LogP contribution in [0.3, 0.4) is 0 Å². The molecule has 116 valence electrons. The molecule has 4 nitrogen and oxygen atoms in total. The number of nitrogens with zero attached hydrogens (tertiary/aromatic N) is 2. The van der Waals surface area contributed by atoms with E-state index in [2.05, 4.69) is 55.0 Å². The van der Waals surface area contributed by atoms with Crippen molar-refractivity contribution >= 4 is 10.9 Å². The molecule has 0 bridgehead atoms. The lowest BCUT2D eigenvalue weighted by molar-refractivity contribution is 0.107. The first-order valence-corrected chi connectivity index (χ1v) is 7.92. The van der Waals surface area contributed by atoms with Gasteiger partial charge in [-0.25, -0.2) is 0 Å². The molecule has 0 radical (unpaired) electrons. The molecule has 0 spiro atoms. The van der Waals surface area contributed by atoms with Gasteiger partial charge >= 0.3 is 0 Å². The molecule has 4 heteroatoms. The summed E-state index contributed by atoms with van der Waals surface area (Å²) in [6, 6.07) is 8.79. The van der Waals surface area contributed by atoms with Gasteiger partial charge in [0.05, 0.1) is 17.8 Å². The summed E-state index contributed by atoms with van der Waals surface area (Å²) < 4.78 is 7.64. The van der Waals surface area contributed by atoms with Crippen LogP contribution in [0.2, 0.25) is 0 Å². The third-order valence-corrected chi connectivity index (χ3v) is 3.87. The zero-order chi connectivity index (χ0) is 15.2. The fourth-order valence-electron chi connectivity index (χ4n) is 2.53. The molecule has 1 N–H and O–H groups in total. The number of hydrogen-bond acceptors (Lipinski definition) is 3. The fourth-order valence-corrected chi connectivity index (χ4v) is 2.53. The molecule has 0 aliphatic carbocycles. The molecular weight excluding hydrogens is 262 g/mol. The van der Waals surface area contributed by atoms with Gasteiger partial charge in [0.1, 0.15) is 0 Å². The van der Waals surface area contributed by atoms with Crippen molar-refractivity contribution in [1.82, 2.24) is 15.1 Å². The van der Waals surface area contributed by atoms with Gasteiger partial charge in [0.25, 0.3) is 0 Å². The summed E-state index contributed by atoms with van der Waals surface area (Å²) in [7, 11) is 0. The number of rotatable bonds is 8. The normalized spacial score (nSPS) is 13.2. The molecule has 21 heavy (non-hydrogen) atoms. The van der Waals surface area contributed by atoms with Gasteiger partial charge < -0.3 is 10.1 Å². The fraction of sp³-hybridized carbons (Fsp3) is 0.588. The molecule has 0 aliphatic rings. The van der Waals surface area contributed by atoms with Crippen LogP contribution in [0.1, 0.15) is 33.4 Å². The van der Waals surface area contributed by atoms with Crippen LogP contribution in [-0.2, 0) is 17.8 Å². The van der Waals surface area contributed by atoms with E-state index in [9.17, 15) is 0 Å². The zero-order valence-electron chi connectivity index (χ0n) is 13.6. The topological polar surface area (TPSA) is 39.1 Å². The molecule has 2 rings (SSSR count). The lowest BCUT2D eigenvalue weighted by atomic mass is 10.1. The molecule has 0 amide bonds. The first kappa shape index (κ1) is 16.0. The van der Waals surface area contributed by atoms with Crippen molar-refractivity contribution in [3.05, 3.63) is 30.0 Å². The van der Waals surface area contributed by atoms with Crippen molar-refractivity contribution in [3.8, 4) is 0 Å². The zero-order valence-corrected chi connectivity index (χ0v) is 13.6. The van der Waals surface area contributed by atoms with Crippen molar-refractivity contribution < 1.29 is 4.74 Å². The Kier molecular flexibility index (Phi) is 5.76. The second kappa shape index (κ2) is 7.57. The van der Waals surface area contributed by atoms with E-state index in [0.29, 0.717) is 12.0 Å². The molecule has 0 fully saturated rings. The monoisotopic (exact) mass is 289 g/mol. The summed E-state index contributed by atoms with van der Waals surface area (Å²) >= 11 is 0. The minimum atomic E-state index is 0.357. The molecule has 1 aromatic carbocycles. The minimum Gasteiger partial charge on any atom is -0.380 e. The Hall–Kier alpha value is -1.39. The molecule has 2 aromatic rings. The second-order valence-electron chi connectivity index (χ2n) is 5.67. The maximum absolute atomic E-state index is 5.57. The van der Waals surface area contributed by atoms with Crippen LogP contribution in [0, 0.1) is 5.92 Å².